The second-order valence-electron chi connectivity index (χ2n) is 4.98. The molecule has 0 radical (unpaired) electrons. The summed E-state index contributed by atoms with van der Waals surface area (Å²) < 4.78 is 5.79. The predicted molar refractivity (Wildman–Crippen MR) is 68.7 cm³/mol. The maximum Gasteiger partial charge on any atom is 0.246 e. The Labute approximate surface area is 104 Å². The lowest BCUT2D eigenvalue weighted by atomic mass is 9.77. The smallest absolute Gasteiger partial charge is 0.246 e. The van der Waals surface area contributed by atoms with Gasteiger partial charge in [-0.05, 0) is 38.5 Å². The summed E-state index contributed by atoms with van der Waals surface area (Å²) >= 11 is 0. The van der Waals surface area contributed by atoms with E-state index >= 15 is 0 Å². The van der Waals surface area contributed by atoms with E-state index in [-0.39, 0.29) is 18.1 Å². The van der Waals surface area contributed by atoms with E-state index < -0.39 is 0 Å². The highest BCUT2D eigenvalue weighted by atomic mass is 16.5. The zero-order valence-electron chi connectivity index (χ0n) is 11.1. The quantitative estimate of drug-likeness (QED) is 0.740. The summed E-state index contributed by atoms with van der Waals surface area (Å²) in [5.74, 6) is 0.765. The lowest BCUT2D eigenvalue weighted by Crippen LogP contribution is -2.46. The fourth-order valence-electron chi connectivity index (χ4n) is 2.49. The van der Waals surface area contributed by atoms with Gasteiger partial charge in [0, 0.05) is 13.1 Å². The van der Waals surface area contributed by atoms with Crippen molar-refractivity contribution >= 4 is 5.91 Å². The van der Waals surface area contributed by atoms with Crippen LogP contribution < -0.4 is 11.1 Å². The predicted octanol–water partition coefficient (Wildman–Crippen LogP) is 1.44. The average molecular weight is 242 g/mol. The zero-order chi connectivity index (χ0) is 12.7. The maximum atomic E-state index is 11.4. The second kappa shape index (κ2) is 6.97. The van der Waals surface area contributed by atoms with E-state index in [4.69, 9.17) is 10.5 Å². The molecule has 100 valence electrons. The van der Waals surface area contributed by atoms with Crippen molar-refractivity contribution in [3.63, 3.8) is 0 Å². The van der Waals surface area contributed by atoms with E-state index in [9.17, 15) is 4.79 Å². The number of ether oxygens (including phenoxy) is 1. The molecule has 0 aliphatic heterocycles. The van der Waals surface area contributed by atoms with Crippen LogP contribution in [0.15, 0.2) is 0 Å². The highest BCUT2D eigenvalue weighted by Gasteiger charge is 2.34. The van der Waals surface area contributed by atoms with Gasteiger partial charge in [0.15, 0.2) is 0 Å². The molecule has 1 amide bonds. The zero-order valence-corrected chi connectivity index (χ0v) is 11.1. The number of nitrogens with two attached hydrogens (primary N) is 1. The molecule has 17 heavy (non-hydrogen) atoms. The van der Waals surface area contributed by atoms with Gasteiger partial charge in [-0.15, -0.1) is 0 Å². The van der Waals surface area contributed by atoms with Gasteiger partial charge in [0.05, 0.1) is 5.60 Å². The van der Waals surface area contributed by atoms with Crippen LogP contribution in [0.4, 0.5) is 0 Å². The van der Waals surface area contributed by atoms with E-state index in [0.717, 1.165) is 18.8 Å². The van der Waals surface area contributed by atoms with E-state index in [0.29, 0.717) is 13.1 Å². The van der Waals surface area contributed by atoms with Crippen molar-refractivity contribution in [1.82, 2.24) is 5.32 Å². The summed E-state index contributed by atoms with van der Waals surface area (Å²) in [7, 11) is 0. The first-order chi connectivity index (χ1) is 8.15. The van der Waals surface area contributed by atoms with Crippen LogP contribution in [0.2, 0.25) is 0 Å². The van der Waals surface area contributed by atoms with E-state index in [1.54, 1.807) is 0 Å². The number of carbonyl (C=O) groups is 1. The Hall–Kier alpha value is -0.610. The number of rotatable bonds is 6. The lowest BCUT2D eigenvalue weighted by molar-refractivity contribution is -0.136. The number of carbonyl (C=O) groups excluding carboxylic acids is 1. The SMILES string of the molecule is CCNC(=O)COC1(CN)CCC(CC)CC1. The Morgan fingerprint density at radius 3 is 2.53 bits per heavy atom. The van der Waals surface area contributed by atoms with Crippen molar-refractivity contribution in [2.24, 2.45) is 11.7 Å². The second-order valence-corrected chi connectivity index (χ2v) is 4.98. The first-order valence-corrected chi connectivity index (χ1v) is 6.76. The first-order valence-electron chi connectivity index (χ1n) is 6.76. The molecule has 1 rings (SSSR count). The third kappa shape index (κ3) is 4.28. The fraction of sp³-hybridized carbons (Fsp3) is 0.923. The summed E-state index contributed by atoms with van der Waals surface area (Å²) in [6.45, 7) is 5.44. The molecule has 0 saturated heterocycles. The summed E-state index contributed by atoms with van der Waals surface area (Å²) in [5.41, 5.74) is 5.58. The molecule has 0 atom stereocenters. The summed E-state index contributed by atoms with van der Waals surface area (Å²) in [6, 6.07) is 0. The molecule has 4 heteroatoms. The molecule has 1 fully saturated rings. The molecule has 1 aliphatic carbocycles. The minimum absolute atomic E-state index is 0.0436. The highest BCUT2D eigenvalue weighted by molar-refractivity contribution is 5.77. The van der Waals surface area contributed by atoms with Crippen LogP contribution in [0.25, 0.3) is 0 Å². The van der Waals surface area contributed by atoms with Crippen LogP contribution in [0.5, 0.6) is 0 Å². The minimum Gasteiger partial charge on any atom is -0.364 e. The van der Waals surface area contributed by atoms with Crippen LogP contribution in [0.1, 0.15) is 46.0 Å². The van der Waals surface area contributed by atoms with E-state index in [1.165, 1.54) is 19.3 Å². The number of hydrogen-bond donors (Lipinski definition) is 2. The molecular formula is C13H26N2O2. The van der Waals surface area contributed by atoms with E-state index in [2.05, 4.69) is 12.2 Å². The molecule has 1 aliphatic rings. The van der Waals surface area contributed by atoms with E-state index in [1.807, 2.05) is 6.92 Å². The summed E-state index contributed by atoms with van der Waals surface area (Å²) in [6.07, 6.45) is 5.55. The van der Waals surface area contributed by atoms with Crippen LogP contribution in [-0.4, -0.2) is 31.2 Å². The lowest BCUT2D eigenvalue weighted by Gasteiger charge is -2.39. The van der Waals surface area contributed by atoms with Gasteiger partial charge < -0.3 is 15.8 Å². The Balaban J connectivity index is 2.39. The van der Waals surface area contributed by atoms with Gasteiger partial charge in [-0.1, -0.05) is 13.3 Å². The fourth-order valence-corrected chi connectivity index (χ4v) is 2.49. The maximum absolute atomic E-state index is 11.4. The number of likely N-dealkylation sites (N-methyl/N-ethyl adjacent to an activating group) is 1. The molecule has 0 aromatic carbocycles. The van der Waals surface area contributed by atoms with Gasteiger partial charge in [0.25, 0.3) is 0 Å². The summed E-state index contributed by atoms with van der Waals surface area (Å²) in [4.78, 5) is 11.4. The van der Waals surface area contributed by atoms with Crippen molar-refractivity contribution in [3.8, 4) is 0 Å². The largest absolute Gasteiger partial charge is 0.364 e. The highest BCUT2D eigenvalue weighted by Crippen LogP contribution is 2.35. The van der Waals surface area contributed by atoms with Gasteiger partial charge >= 0.3 is 0 Å². The normalized spacial score (nSPS) is 29.0. The molecule has 1 saturated carbocycles. The molecule has 3 N–H and O–H groups in total. The topological polar surface area (TPSA) is 64.3 Å². The van der Waals surface area contributed by atoms with Crippen molar-refractivity contribution in [2.75, 3.05) is 19.7 Å². The third-order valence-corrected chi connectivity index (χ3v) is 3.85. The standard InChI is InChI=1S/C13H26N2O2/c1-3-11-5-7-13(10-14,8-6-11)17-9-12(16)15-4-2/h11H,3-10,14H2,1-2H3,(H,15,16). The van der Waals surface area contributed by atoms with Crippen LogP contribution in [0.3, 0.4) is 0 Å². The van der Waals surface area contributed by atoms with Crippen molar-refractivity contribution in [1.29, 1.82) is 0 Å². The van der Waals surface area contributed by atoms with Crippen molar-refractivity contribution in [2.45, 2.75) is 51.6 Å². The van der Waals surface area contributed by atoms with Crippen LogP contribution in [0, 0.1) is 5.92 Å². The van der Waals surface area contributed by atoms with Crippen molar-refractivity contribution in [3.05, 3.63) is 0 Å². The van der Waals surface area contributed by atoms with Crippen LogP contribution in [-0.2, 0) is 9.53 Å². The molecule has 0 unspecified atom stereocenters. The number of hydrogen-bond acceptors (Lipinski definition) is 3. The molecule has 0 aromatic rings. The monoisotopic (exact) mass is 242 g/mol. The van der Waals surface area contributed by atoms with Crippen LogP contribution >= 0.6 is 0 Å². The van der Waals surface area contributed by atoms with Gasteiger partial charge in [0.1, 0.15) is 6.61 Å². The number of amides is 1. The van der Waals surface area contributed by atoms with Gasteiger partial charge in [0.2, 0.25) is 5.91 Å². The molecule has 0 spiro atoms. The third-order valence-electron chi connectivity index (χ3n) is 3.85. The van der Waals surface area contributed by atoms with Gasteiger partial charge in [-0.2, -0.15) is 0 Å². The average Bonchev–Trinajstić information content (AvgIpc) is 2.37. The molecular weight excluding hydrogens is 216 g/mol. The molecule has 0 heterocycles. The Morgan fingerprint density at radius 2 is 2.06 bits per heavy atom. The Morgan fingerprint density at radius 1 is 1.41 bits per heavy atom. The Bertz CT molecular complexity index is 236. The minimum atomic E-state index is -0.253. The first kappa shape index (κ1) is 14.5. The molecule has 0 bridgehead atoms. The molecule has 0 aromatic heterocycles. The van der Waals surface area contributed by atoms with Gasteiger partial charge in [-0.25, -0.2) is 0 Å². The van der Waals surface area contributed by atoms with Gasteiger partial charge in [-0.3, -0.25) is 4.79 Å². The molecule has 4 nitrogen and oxygen atoms in total. The van der Waals surface area contributed by atoms with Crippen molar-refractivity contribution < 1.29 is 9.53 Å². The Kier molecular flexibility index (Phi) is 5.92. The number of nitrogens with one attached hydrogen (secondary N) is 1. The summed E-state index contributed by atoms with van der Waals surface area (Å²) in [5, 5.41) is 2.74.